The lowest BCUT2D eigenvalue weighted by molar-refractivity contribution is 0.125. The summed E-state index contributed by atoms with van der Waals surface area (Å²) in [5.74, 6) is -0.675. The molecule has 0 aliphatic carbocycles. The zero-order valence-corrected chi connectivity index (χ0v) is 13.6. The van der Waals surface area contributed by atoms with Crippen LogP contribution in [0.5, 0.6) is 0 Å². The molecule has 0 heterocycles. The van der Waals surface area contributed by atoms with E-state index in [4.69, 9.17) is 5.73 Å². The molecular formula is C14H23FN2O3S. The fourth-order valence-corrected chi connectivity index (χ4v) is 3.37. The van der Waals surface area contributed by atoms with Crippen molar-refractivity contribution in [1.29, 1.82) is 0 Å². The number of sulfonamides is 1. The zero-order chi connectivity index (χ0) is 16.4. The van der Waals surface area contributed by atoms with Crippen LogP contribution in [0.25, 0.3) is 0 Å². The Morgan fingerprint density at radius 3 is 2.48 bits per heavy atom. The molecule has 0 radical (unpaired) electrons. The molecule has 0 amide bonds. The molecule has 0 aliphatic heterocycles. The Balaban J connectivity index is 2.88. The highest BCUT2D eigenvalue weighted by atomic mass is 32.2. The number of halogens is 1. The van der Waals surface area contributed by atoms with Gasteiger partial charge >= 0.3 is 0 Å². The van der Waals surface area contributed by atoms with Gasteiger partial charge in [-0.05, 0) is 30.9 Å². The average molecular weight is 318 g/mol. The number of aliphatic hydroxyl groups is 1. The summed E-state index contributed by atoms with van der Waals surface area (Å²) in [6, 6.07) is 2.28. The number of anilines is 1. The summed E-state index contributed by atoms with van der Waals surface area (Å²) in [6.07, 6.45) is -0.370. The molecule has 1 rings (SSSR count). The third-order valence-corrected chi connectivity index (χ3v) is 4.52. The van der Waals surface area contributed by atoms with E-state index in [1.54, 1.807) is 0 Å². The summed E-state index contributed by atoms with van der Waals surface area (Å²) < 4.78 is 40.2. The van der Waals surface area contributed by atoms with E-state index in [0.29, 0.717) is 6.42 Å². The first-order valence-corrected chi connectivity index (χ1v) is 8.14. The van der Waals surface area contributed by atoms with E-state index in [0.717, 1.165) is 6.07 Å². The van der Waals surface area contributed by atoms with Crippen molar-refractivity contribution in [1.82, 2.24) is 4.72 Å². The molecule has 120 valence electrons. The van der Waals surface area contributed by atoms with Crippen LogP contribution < -0.4 is 10.5 Å². The Morgan fingerprint density at radius 2 is 1.95 bits per heavy atom. The van der Waals surface area contributed by atoms with Crippen molar-refractivity contribution in [2.45, 2.75) is 45.1 Å². The van der Waals surface area contributed by atoms with Gasteiger partial charge in [-0.2, -0.15) is 0 Å². The molecule has 0 saturated heterocycles. The van der Waals surface area contributed by atoms with Crippen molar-refractivity contribution in [3.05, 3.63) is 23.5 Å². The summed E-state index contributed by atoms with van der Waals surface area (Å²) in [7, 11) is -3.92. The van der Waals surface area contributed by atoms with Crippen molar-refractivity contribution in [2.75, 3.05) is 12.3 Å². The minimum absolute atomic E-state index is 0.00186. The van der Waals surface area contributed by atoms with E-state index in [1.807, 2.05) is 20.8 Å². The second-order valence-corrected chi connectivity index (χ2v) is 8.13. The Morgan fingerprint density at radius 1 is 1.38 bits per heavy atom. The molecule has 21 heavy (non-hydrogen) atoms. The highest BCUT2D eigenvalue weighted by molar-refractivity contribution is 7.89. The lowest BCUT2D eigenvalue weighted by Gasteiger charge is -2.22. The van der Waals surface area contributed by atoms with E-state index in [2.05, 4.69) is 4.72 Å². The van der Waals surface area contributed by atoms with Gasteiger partial charge in [-0.1, -0.05) is 20.8 Å². The van der Waals surface area contributed by atoms with Crippen LogP contribution in [0.15, 0.2) is 17.0 Å². The van der Waals surface area contributed by atoms with Gasteiger partial charge in [0.25, 0.3) is 0 Å². The van der Waals surface area contributed by atoms with Gasteiger partial charge < -0.3 is 10.8 Å². The summed E-state index contributed by atoms with van der Waals surface area (Å²) in [6.45, 7) is 7.08. The molecule has 7 heteroatoms. The minimum atomic E-state index is -3.92. The molecule has 5 nitrogen and oxygen atoms in total. The Hall–Kier alpha value is -1.18. The molecule has 1 aromatic rings. The number of aliphatic hydroxyl groups excluding tert-OH is 1. The van der Waals surface area contributed by atoms with Crippen LogP contribution >= 0.6 is 0 Å². The summed E-state index contributed by atoms with van der Waals surface area (Å²) in [4.78, 5) is -0.206. The highest BCUT2D eigenvalue weighted by Gasteiger charge is 2.22. The van der Waals surface area contributed by atoms with Gasteiger partial charge in [-0.3, -0.25) is 0 Å². The van der Waals surface area contributed by atoms with E-state index < -0.39 is 21.9 Å². The standard InChI is InChI=1S/C14H23FN2O3S/c1-9-12(15)5-10(16)6-13(9)21(19,20)17-8-11(18)7-14(2,3)4/h5-6,11,17-18H,7-8,16H2,1-4H3. The Labute approximate surface area is 125 Å². The predicted molar refractivity (Wildman–Crippen MR) is 80.8 cm³/mol. The molecule has 0 spiro atoms. The zero-order valence-electron chi connectivity index (χ0n) is 12.8. The molecule has 1 aromatic carbocycles. The first kappa shape index (κ1) is 17.9. The van der Waals surface area contributed by atoms with E-state index in [-0.39, 0.29) is 28.1 Å². The number of hydrogen-bond acceptors (Lipinski definition) is 4. The van der Waals surface area contributed by atoms with Crippen molar-refractivity contribution < 1.29 is 17.9 Å². The number of nitrogens with two attached hydrogens (primary N) is 1. The molecule has 1 atom stereocenters. The van der Waals surface area contributed by atoms with E-state index in [1.165, 1.54) is 13.0 Å². The maximum absolute atomic E-state index is 13.6. The Kier molecular flexibility index (Phi) is 5.35. The fraction of sp³-hybridized carbons (Fsp3) is 0.571. The fourth-order valence-electron chi connectivity index (χ4n) is 2.02. The van der Waals surface area contributed by atoms with Gasteiger partial charge in [0.05, 0.1) is 11.0 Å². The quantitative estimate of drug-likeness (QED) is 0.722. The van der Waals surface area contributed by atoms with Gasteiger partial charge in [0.2, 0.25) is 10.0 Å². The normalized spacial score (nSPS) is 14.2. The van der Waals surface area contributed by atoms with Crippen LogP contribution in [0, 0.1) is 18.2 Å². The first-order valence-electron chi connectivity index (χ1n) is 6.66. The number of hydrogen-bond donors (Lipinski definition) is 3. The number of rotatable bonds is 5. The van der Waals surface area contributed by atoms with Crippen LogP contribution in [0.4, 0.5) is 10.1 Å². The molecule has 1 unspecified atom stereocenters. The molecule has 4 N–H and O–H groups in total. The molecule has 0 fully saturated rings. The first-order chi connectivity index (χ1) is 9.42. The highest BCUT2D eigenvalue weighted by Crippen LogP contribution is 2.23. The molecule has 0 aliphatic rings. The smallest absolute Gasteiger partial charge is 0.241 e. The molecular weight excluding hydrogens is 295 g/mol. The van der Waals surface area contributed by atoms with Crippen molar-refractivity contribution in [2.24, 2.45) is 5.41 Å². The van der Waals surface area contributed by atoms with E-state index in [9.17, 15) is 17.9 Å². The van der Waals surface area contributed by atoms with Crippen LogP contribution in [0.3, 0.4) is 0 Å². The largest absolute Gasteiger partial charge is 0.399 e. The van der Waals surface area contributed by atoms with Gasteiger partial charge in [0.15, 0.2) is 0 Å². The summed E-state index contributed by atoms with van der Waals surface area (Å²) >= 11 is 0. The topological polar surface area (TPSA) is 92.4 Å². The third-order valence-electron chi connectivity index (χ3n) is 2.97. The number of benzene rings is 1. The monoisotopic (exact) mass is 318 g/mol. The van der Waals surface area contributed by atoms with Crippen molar-refractivity contribution in [3.8, 4) is 0 Å². The van der Waals surface area contributed by atoms with Gasteiger partial charge in [-0.15, -0.1) is 0 Å². The average Bonchev–Trinajstić information content (AvgIpc) is 2.29. The minimum Gasteiger partial charge on any atom is -0.399 e. The maximum Gasteiger partial charge on any atom is 0.241 e. The van der Waals surface area contributed by atoms with Crippen LogP contribution in [0.1, 0.15) is 32.8 Å². The van der Waals surface area contributed by atoms with Gasteiger partial charge in [0.1, 0.15) is 5.82 Å². The van der Waals surface area contributed by atoms with Crippen molar-refractivity contribution in [3.63, 3.8) is 0 Å². The summed E-state index contributed by atoms with van der Waals surface area (Å²) in [5.41, 5.74) is 5.40. The second-order valence-electron chi connectivity index (χ2n) is 6.40. The lowest BCUT2D eigenvalue weighted by atomic mass is 9.89. The Bertz CT molecular complexity index is 609. The van der Waals surface area contributed by atoms with Gasteiger partial charge in [-0.25, -0.2) is 17.5 Å². The molecule has 0 bridgehead atoms. The molecule has 0 saturated carbocycles. The van der Waals surface area contributed by atoms with Crippen LogP contribution in [-0.2, 0) is 10.0 Å². The van der Waals surface area contributed by atoms with Gasteiger partial charge in [0, 0.05) is 17.8 Å². The summed E-state index contributed by atoms with van der Waals surface area (Å²) in [5, 5.41) is 9.85. The second kappa shape index (κ2) is 6.29. The SMILES string of the molecule is Cc1c(F)cc(N)cc1S(=O)(=O)NCC(O)CC(C)(C)C. The molecule has 0 aromatic heterocycles. The van der Waals surface area contributed by atoms with Crippen LogP contribution in [0.2, 0.25) is 0 Å². The predicted octanol–water partition coefficient (Wildman–Crippen LogP) is 1.79. The maximum atomic E-state index is 13.6. The van der Waals surface area contributed by atoms with Crippen LogP contribution in [-0.4, -0.2) is 26.2 Å². The van der Waals surface area contributed by atoms with Crippen molar-refractivity contribution >= 4 is 15.7 Å². The van der Waals surface area contributed by atoms with E-state index >= 15 is 0 Å². The lowest BCUT2D eigenvalue weighted by Crippen LogP contribution is -2.34. The number of nitrogen functional groups attached to an aromatic ring is 1. The third kappa shape index (κ3) is 5.26. The number of nitrogens with one attached hydrogen (secondary N) is 1.